The monoisotopic (exact) mass is 192 g/mol. The Balaban J connectivity index is 3.02. The summed E-state index contributed by atoms with van der Waals surface area (Å²) in [5, 5.41) is 8.61. The predicted octanol–water partition coefficient (Wildman–Crippen LogP) is 0.191. The molecule has 0 aliphatic carbocycles. The first-order valence-electron chi connectivity index (χ1n) is 3.77. The lowest BCUT2D eigenvalue weighted by molar-refractivity contribution is -0.132. The Morgan fingerprint density at radius 2 is 2.14 bits per heavy atom. The fraction of sp³-hybridized carbons (Fsp3) is 0. The largest absolute Gasteiger partial charge is 0.477 e. The lowest BCUT2D eigenvalue weighted by Gasteiger charge is -1.98. The number of nitrogens with two attached hydrogens (primary N) is 1. The van der Waals surface area contributed by atoms with Crippen LogP contribution in [0.5, 0.6) is 0 Å². The summed E-state index contributed by atoms with van der Waals surface area (Å²) in [5.41, 5.74) is 4.60. The molecule has 0 spiro atoms. The van der Waals surface area contributed by atoms with Crippen molar-refractivity contribution in [1.82, 2.24) is 4.98 Å². The van der Waals surface area contributed by atoms with Crippen LogP contribution >= 0.6 is 0 Å². The molecule has 1 aromatic rings. The summed E-state index contributed by atoms with van der Waals surface area (Å²) in [6.07, 6.45) is 2.17. The maximum absolute atomic E-state index is 11.4. The number of carboxylic acids is 1. The zero-order chi connectivity index (χ0) is 10.6. The Hall–Kier alpha value is -2.17. The van der Waals surface area contributed by atoms with Crippen LogP contribution < -0.4 is 5.73 Å². The number of Topliss-reactive ketones (excluding diaryl/α,β-unsaturated/α-hetero) is 1. The summed E-state index contributed by atoms with van der Waals surface area (Å²) in [4.78, 5) is 25.7. The molecular formula is C9H8N2O3. The molecule has 3 N–H and O–H groups in total. The highest BCUT2D eigenvalue weighted by molar-refractivity contribution is 6.22. The molecule has 72 valence electrons. The topological polar surface area (TPSA) is 93.3 Å². The van der Waals surface area contributed by atoms with E-state index in [9.17, 15) is 9.59 Å². The molecule has 1 aromatic heterocycles. The zero-order valence-electron chi connectivity index (χ0n) is 7.18. The SMILES string of the molecule is N/C=C(\C(=O)O)C(=O)c1ccccn1. The van der Waals surface area contributed by atoms with Crippen molar-refractivity contribution in [3.8, 4) is 0 Å². The Morgan fingerprint density at radius 1 is 1.43 bits per heavy atom. The van der Waals surface area contributed by atoms with Gasteiger partial charge in [-0.25, -0.2) is 4.79 Å². The minimum Gasteiger partial charge on any atom is -0.477 e. The van der Waals surface area contributed by atoms with E-state index in [2.05, 4.69) is 4.98 Å². The highest BCUT2D eigenvalue weighted by atomic mass is 16.4. The molecule has 0 saturated heterocycles. The number of nitrogens with zero attached hydrogens (tertiary/aromatic N) is 1. The average Bonchev–Trinajstić information content (AvgIpc) is 2.19. The lowest BCUT2D eigenvalue weighted by atomic mass is 10.1. The van der Waals surface area contributed by atoms with E-state index in [1.165, 1.54) is 12.3 Å². The number of aromatic nitrogens is 1. The van der Waals surface area contributed by atoms with Crippen LogP contribution in [0, 0.1) is 0 Å². The van der Waals surface area contributed by atoms with Gasteiger partial charge in [-0.05, 0) is 12.1 Å². The van der Waals surface area contributed by atoms with Crippen LogP contribution in [0.2, 0.25) is 0 Å². The van der Waals surface area contributed by atoms with Crippen LogP contribution in [0.15, 0.2) is 36.2 Å². The molecule has 0 bridgehead atoms. The normalized spacial score (nSPS) is 11.0. The molecule has 1 heterocycles. The van der Waals surface area contributed by atoms with Gasteiger partial charge >= 0.3 is 5.97 Å². The van der Waals surface area contributed by atoms with Gasteiger partial charge in [0.15, 0.2) is 0 Å². The van der Waals surface area contributed by atoms with Gasteiger partial charge in [-0.3, -0.25) is 9.78 Å². The van der Waals surface area contributed by atoms with Crippen molar-refractivity contribution in [3.63, 3.8) is 0 Å². The van der Waals surface area contributed by atoms with Crippen molar-refractivity contribution in [3.05, 3.63) is 41.9 Å². The summed E-state index contributed by atoms with van der Waals surface area (Å²) < 4.78 is 0. The maximum atomic E-state index is 11.4. The molecule has 5 nitrogen and oxygen atoms in total. The minimum absolute atomic E-state index is 0.0617. The number of hydrogen-bond donors (Lipinski definition) is 2. The maximum Gasteiger partial charge on any atom is 0.341 e. The molecule has 0 aliphatic rings. The molecule has 0 saturated carbocycles. The molecule has 0 radical (unpaired) electrons. The van der Waals surface area contributed by atoms with Crippen molar-refractivity contribution in [2.45, 2.75) is 0 Å². The summed E-state index contributed by atoms with van der Waals surface area (Å²) in [5.74, 6) is -2.05. The van der Waals surface area contributed by atoms with Crippen LogP contribution in [0.4, 0.5) is 0 Å². The van der Waals surface area contributed by atoms with Gasteiger partial charge in [-0.2, -0.15) is 0 Å². The van der Waals surface area contributed by atoms with E-state index in [4.69, 9.17) is 10.8 Å². The van der Waals surface area contributed by atoms with Crippen LogP contribution in [-0.2, 0) is 4.79 Å². The summed E-state index contributed by atoms with van der Waals surface area (Å²) in [6.45, 7) is 0. The summed E-state index contributed by atoms with van der Waals surface area (Å²) >= 11 is 0. The average molecular weight is 192 g/mol. The van der Waals surface area contributed by atoms with Gasteiger partial charge in [-0.15, -0.1) is 0 Å². The number of pyridine rings is 1. The summed E-state index contributed by atoms with van der Waals surface area (Å²) in [7, 11) is 0. The molecule has 1 rings (SSSR count). The zero-order valence-corrected chi connectivity index (χ0v) is 7.18. The van der Waals surface area contributed by atoms with Gasteiger partial charge in [0, 0.05) is 12.4 Å². The van der Waals surface area contributed by atoms with Gasteiger partial charge in [-0.1, -0.05) is 6.07 Å². The number of carbonyl (C=O) groups excluding carboxylic acids is 1. The number of carboxylic acid groups (broad SMARTS) is 1. The van der Waals surface area contributed by atoms with E-state index in [1.807, 2.05) is 0 Å². The molecular weight excluding hydrogens is 184 g/mol. The Bertz CT molecular complexity index is 384. The van der Waals surface area contributed by atoms with Crippen molar-refractivity contribution in [2.24, 2.45) is 5.73 Å². The van der Waals surface area contributed by atoms with E-state index in [-0.39, 0.29) is 5.69 Å². The Kier molecular flexibility index (Phi) is 2.96. The molecule has 0 amide bonds. The third-order valence-electron chi connectivity index (χ3n) is 1.54. The van der Waals surface area contributed by atoms with Gasteiger partial charge in [0.05, 0.1) is 0 Å². The first kappa shape index (κ1) is 9.91. The standard InChI is InChI=1S/C9H8N2O3/c10-5-6(9(13)14)8(12)7-3-1-2-4-11-7/h1-5H,10H2,(H,13,14)/b6-5-. The lowest BCUT2D eigenvalue weighted by Crippen LogP contribution is -2.15. The number of carbonyl (C=O) groups is 2. The molecule has 0 fully saturated rings. The molecule has 0 atom stereocenters. The fourth-order valence-electron chi connectivity index (χ4n) is 0.879. The van der Waals surface area contributed by atoms with Crippen molar-refractivity contribution in [1.29, 1.82) is 0 Å². The smallest absolute Gasteiger partial charge is 0.341 e. The van der Waals surface area contributed by atoms with Crippen molar-refractivity contribution >= 4 is 11.8 Å². The number of aliphatic carboxylic acids is 1. The Labute approximate surface area is 79.9 Å². The second-order valence-corrected chi connectivity index (χ2v) is 2.43. The van der Waals surface area contributed by atoms with Crippen LogP contribution in [-0.4, -0.2) is 21.8 Å². The van der Waals surface area contributed by atoms with E-state index >= 15 is 0 Å². The fourth-order valence-corrected chi connectivity index (χ4v) is 0.879. The van der Waals surface area contributed by atoms with E-state index in [0.717, 1.165) is 6.20 Å². The quantitative estimate of drug-likeness (QED) is 0.308. The molecule has 0 unspecified atom stereocenters. The van der Waals surface area contributed by atoms with Crippen LogP contribution in [0.3, 0.4) is 0 Å². The predicted molar refractivity (Wildman–Crippen MR) is 48.5 cm³/mol. The first-order valence-corrected chi connectivity index (χ1v) is 3.77. The van der Waals surface area contributed by atoms with Gasteiger partial charge in [0.2, 0.25) is 5.78 Å². The third-order valence-corrected chi connectivity index (χ3v) is 1.54. The van der Waals surface area contributed by atoms with Crippen molar-refractivity contribution in [2.75, 3.05) is 0 Å². The second-order valence-electron chi connectivity index (χ2n) is 2.43. The van der Waals surface area contributed by atoms with Crippen LogP contribution in [0.25, 0.3) is 0 Å². The molecule has 14 heavy (non-hydrogen) atoms. The number of hydrogen-bond acceptors (Lipinski definition) is 4. The van der Waals surface area contributed by atoms with Gasteiger partial charge in [0.25, 0.3) is 0 Å². The minimum atomic E-state index is -1.36. The van der Waals surface area contributed by atoms with E-state index in [1.54, 1.807) is 12.1 Å². The van der Waals surface area contributed by atoms with E-state index in [0.29, 0.717) is 0 Å². The third kappa shape index (κ3) is 1.95. The summed E-state index contributed by atoms with van der Waals surface area (Å²) in [6, 6.07) is 4.65. The highest BCUT2D eigenvalue weighted by Gasteiger charge is 2.18. The Morgan fingerprint density at radius 3 is 2.57 bits per heavy atom. The molecule has 0 aliphatic heterocycles. The van der Waals surface area contributed by atoms with Crippen LogP contribution in [0.1, 0.15) is 10.5 Å². The highest BCUT2D eigenvalue weighted by Crippen LogP contribution is 2.04. The first-order chi connectivity index (χ1) is 6.66. The van der Waals surface area contributed by atoms with Gasteiger partial charge < -0.3 is 10.8 Å². The van der Waals surface area contributed by atoms with E-state index < -0.39 is 17.3 Å². The second kappa shape index (κ2) is 4.18. The van der Waals surface area contributed by atoms with Crippen molar-refractivity contribution < 1.29 is 14.7 Å². The molecule has 5 heteroatoms. The molecule has 0 aromatic carbocycles. The number of rotatable bonds is 3. The number of ketones is 1. The van der Waals surface area contributed by atoms with Gasteiger partial charge in [0.1, 0.15) is 11.3 Å².